The molecule has 0 saturated carbocycles. The molecule has 2 atom stereocenters. The number of nitrogens with one attached hydrogen (secondary N) is 1. The van der Waals surface area contributed by atoms with Gasteiger partial charge in [-0.05, 0) is 32.9 Å². The zero-order valence-electron chi connectivity index (χ0n) is 14.3. The summed E-state index contributed by atoms with van der Waals surface area (Å²) in [6.07, 6.45) is -1.14. The van der Waals surface area contributed by atoms with Crippen molar-refractivity contribution in [2.24, 2.45) is 0 Å². The van der Waals surface area contributed by atoms with Crippen LogP contribution in [0.15, 0.2) is 24.3 Å². The lowest BCUT2D eigenvalue weighted by Crippen LogP contribution is -2.53. The van der Waals surface area contributed by atoms with Crippen molar-refractivity contribution in [1.29, 1.82) is 0 Å². The Morgan fingerprint density at radius 2 is 1.96 bits per heavy atom. The lowest BCUT2D eigenvalue weighted by atomic mass is 9.90. The molecule has 1 aromatic carbocycles. The number of aliphatic hydroxyl groups is 1. The molecule has 26 heavy (non-hydrogen) atoms. The zero-order chi connectivity index (χ0) is 19.2. The third kappa shape index (κ3) is 3.22. The lowest BCUT2D eigenvalue weighted by molar-refractivity contribution is -0.0612. The minimum atomic E-state index is -1.14. The number of ketones is 1. The van der Waals surface area contributed by atoms with Crippen LogP contribution in [0.25, 0.3) is 0 Å². The van der Waals surface area contributed by atoms with Gasteiger partial charge in [0.2, 0.25) is 0 Å². The molecule has 0 aliphatic carbocycles. The molecule has 1 amide bonds. The molecular formula is C18H17F2NO4S. The third-order valence-electron chi connectivity index (χ3n) is 4.22. The molecule has 0 saturated heterocycles. The molecule has 0 radical (unpaired) electrons. The predicted octanol–water partition coefficient (Wildman–Crippen LogP) is 3.23. The summed E-state index contributed by atoms with van der Waals surface area (Å²) in [5.41, 5.74) is -1.38. The van der Waals surface area contributed by atoms with Crippen molar-refractivity contribution in [3.05, 3.63) is 51.2 Å². The van der Waals surface area contributed by atoms with Crippen molar-refractivity contribution in [3.63, 3.8) is 0 Å². The van der Waals surface area contributed by atoms with Crippen molar-refractivity contribution in [1.82, 2.24) is 5.32 Å². The fourth-order valence-corrected chi connectivity index (χ4v) is 3.85. The van der Waals surface area contributed by atoms with Gasteiger partial charge in [0.05, 0.1) is 21.4 Å². The quantitative estimate of drug-likeness (QED) is 0.801. The first kappa shape index (κ1) is 18.5. The second-order valence-electron chi connectivity index (χ2n) is 6.62. The number of benzene rings is 1. The van der Waals surface area contributed by atoms with Gasteiger partial charge in [-0.25, -0.2) is 8.78 Å². The summed E-state index contributed by atoms with van der Waals surface area (Å²) < 4.78 is 32.7. The molecule has 3 rings (SSSR count). The van der Waals surface area contributed by atoms with E-state index in [-0.39, 0.29) is 11.3 Å². The molecule has 0 spiro atoms. The normalized spacial score (nSPS) is 20.8. The van der Waals surface area contributed by atoms with E-state index in [0.29, 0.717) is 21.6 Å². The predicted molar refractivity (Wildman–Crippen MR) is 91.6 cm³/mol. The van der Waals surface area contributed by atoms with E-state index in [0.717, 1.165) is 23.5 Å². The van der Waals surface area contributed by atoms with Crippen molar-refractivity contribution >= 4 is 23.0 Å². The second kappa shape index (κ2) is 6.44. The van der Waals surface area contributed by atoms with Crippen LogP contribution in [0, 0.1) is 11.6 Å². The Balaban J connectivity index is 1.97. The topological polar surface area (TPSA) is 75.6 Å². The number of hydrogen-bond acceptors (Lipinski definition) is 5. The number of ether oxygens (including phenoxy) is 1. The van der Waals surface area contributed by atoms with Crippen LogP contribution >= 0.6 is 11.3 Å². The minimum absolute atomic E-state index is 0.171. The van der Waals surface area contributed by atoms with Gasteiger partial charge in [0.15, 0.2) is 5.78 Å². The smallest absolute Gasteiger partial charge is 0.254 e. The summed E-state index contributed by atoms with van der Waals surface area (Å²) in [6.45, 7) is 4.69. The maximum absolute atomic E-state index is 13.9. The number of fused-ring (bicyclic) bond motifs is 1. The Bertz CT molecular complexity index is 893. The average molecular weight is 381 g/mol. The highest BCUT2D eigenvalue weighted by Crippen LogP contribution is 2.45. The number of aliphatic hydroxyl groups excluding tert-OH is 1. The molecule has 0 unspecified atom stereocenters. The van der Waals surface area contributed by atoms with Crippen LogP contribution < -0.4 is 10.1 Å². The molecule has 1 aromatic heterocycles. The van der Waals surface area contributed by atoms with Crippen molar-refractivity contribution in [3.8, 4) is 5.75 Å². The largest absolute Gasteiger partial charge is 0.484 e. The summed E-state index contributed by atoms with van der Waals surface area (Å²) in [6, 6.07) is 3.29. The van der Waals surface area contributed by atoms with E-state index in [1.165, 1.54) is 6.92 Å². The van der Waals surface area contributed by atoms with Crippen LogP contribution in [0.5, 0.6) is 5.75 Å². The molecule has 2 aromatic rings. The zero-order valence-corrected chi connectivity index (χ0v) is 15.1. The van der Waals surface area contributed by atoms with E-state index in [2.05, 4.69) is 5.32 Å². The summed E-state index contributed by atoms with van der Waals surface area (Å²) in [5.74, 6) is -2.37. The molecule has 1 aliphatic heterocycles. The Kier molecular flexibility index (Phi) is 4.58. The third-order valence-corrected chi connectivity index (χ3v) is 5.52. The van der Waals surface area contributed by atoms with E-state index in [1.54, 1.807) is 19.9 Å². The first-order valence-corrected chi connectivity index (χ1v) is 8.69. The average Bonchev–Trinajstić information content (AvgIpc) is 2.94. The molecule has 5 nitrogen and oxygen atoms in total. The molecule has 2 N–H and O–H groups in total. The Morgan fingerprint density at radius 1 is 1.27 bits per heavy atom. The lowest BCUT2D eigenvalue weighted by Gasteiger charge is -2.40. The fraction of sp³-hybridized carbons (Fsp3) is 0.333. The van der Waals surface area contributed by atoms with Crippen molar-refractivity contribution < 1.29 is 28.2 Å². The van der Waals surface area contributed by atoms with Crippen LogP contribution in [-0.4, -0.2) is 28.5 Å². The van der Waals surface area contributed by atoms with E-state index in [1.807, 2.05) is 0 Å². The van der Waals surface area contributed by atoms with Crippen molar-refractivity contribution in [2.75, 3.05) is 0 Å². The van der Waals surface area contributed by atoms with Gasteiger partial charge in [-0.2, -0.15) is 0 Å². The number of Topliss-reactive ketones (excluding diaryl/α,β-unsaturated/α-hetero) is 1. The molecule has 8 heteroatoms. The second-order valence-corrected chi connectivity index (χ2v) is 7.70. The molecule has 0 fully saturated rings. The SMILES string of the molecule is CC(=O)c1cc2c(s1)[C@@H](NC(=O)c1ccc(F)cc1F)[C@H](O)C(C)(C)O2. The number of rotatable bonds is 3. The van der Waals surface area contributed by atoms with E-state index in [9.17, 15) is 23.5 Å². The maximum Gasteiger partial charge on any atom is 0.254 e. The first-order chi connectivity index (χ1) is 12.1. The van der Waals surface area contributed by atoms with Crippen LogP contribution in [0.3, 0.4) is 0 Å². The number of carbonyl (C=O) groups excluding carboxylic acids is 2. The molecule has 0 bridgehead atoms. The standard InChI is InChI=1S/C18H17F2NO4S/c1-8(22)13-7-12-15(26-13)14(16(23)18(2,3)25-12)21-17(24)10-5-4-9(19)6-11(10)20/h4-7,14,16,23H,1-3H3,(H,21,24)/t14-,16+/m1/s1. The molecule has 138 valence electrons. The van der Waals surface area contributed by atoms with Gasteiger partial charge in [-0.15, -0.1) is 11.3 Å². The maximum atomic E-state index is 13.9. The van der Waals surface area contributed by atoms with E-state index < -0.39 is 35.3 Å². The number of thiophene rings is 1. The summed E-state index contributed by atoms with van der Waals surface area (Å²) in [7, 11) is 0. The van der Waals surface area contributed by atoms with Crippen LogP contribution in [0.1, 0.15) is 51.7 Å². The summed E-state index contributed by atoms with van der Waals surface area (Å²) >= 11 is 1.10. The first-order valence-electron chi connectivity index (χ1n) is 7.88. The van der Waals surface area contributed by atoms with E-state index in [4.69, 9.17) is 4.74 Å². The molecular weight excluding hydrogens is 364 g/mol. The number of carbonyl (C=O) groups is 2. The van der Waals surface area contributed by atoms with Gasteiger partial charge < -0.3 is 15.2 Å². The highest BCUT2D eigenvalue weighted by atomic mass is 32.1. The highest BCUT2D eigenvalue weighted by molar-refractivity contribution is 7.14. The monoisotopic (exact) mass is 381 g/mol. The van der Waals surface area contributed by atoms with Crippen LogP contribution in [-0.2, 0) is 0 Å². The van der Waals surface area contributed by atoms with Gasteiger partial charge >= 0.3 is 0 Å². The van der Waals surface area contributed by atoms with Gasteiger partial charge in [0.25, 0.3) is 5.91 Å². The van der Waals surface area contributed by atoms with Gasteiger partial charge in [-0.1, -0.05) is 0 Å². The van der Waals surface area contributed by atoms with E-state index >= 15 is 0 Å². The Hall–Kier alpha value is -2.32. The summed E-state index contributed by atoms with van der Waals surface area (Å²) in [5, 5.41) is 13.2. The van der Waals surface area contributed by atoms with Gasteiger partial charge in [-0.3, -0.25) is 9.59 Å². The fourth-order valence-electron chi connectivity index (χ4n) is 2.78. The highest BCUT2D eigenvalue weighted by Gasteiger charge is 2.45. The number of hydrogen-bond donors (Lipinski definition) is 2. The van der Waals surface area contributed by atoms with Crippen LogP contribution in [0.4, 0.5) is 8.78 Å². The van der Waals surface area contributed by atoms with Gasteiger partial charge in [0, 0.05) is 12.1 Å². The number of amides is 1. The number of halogens is 2. The Morgan fingerprint density at radius 3 is 2.58 bits per heavy atom. The minimum Gasteiger partial charge on any atom is -0.484 e. The molecule has 2 heterocycles. The molecule has 1 aliphatic rings. The van der Waals surface area contributed by atoms with Crippen molar-refractivity contribution in [2.45, 2.75) is 38.5 Å². The van der Waals surface area contributed by atoms with Gasteiger partial charge in [0.1, 0.15) is 29.1 Å². The van der Waals surface area contributed by atoms with Crippen LogP contribution in [0.2, 0.25) is 0 Å². The Labute approximate surface area is 152 Å². The summed E-state index contributed by atoms with van der Waals surface area (Å²) in [4.78, 5) is 25.0.